The van der Waals surface area contributed by atoms with Gasteiger partial charge in [-0.1, -0.05) is 48.5 Å². The summed E-state index contributed by atoms with van der Waals surface area (Å²) < 4.78 is 12.5. The monoisotopic (exact) mass is 312 g/mol. The van der Waals surface area contributed by atoms with E-state index in [1.807, 2.05) is 36.4 Å². The minimum atomic E-state index is -1.62. The van der Waals surface area contributed by atoms with E-state index in [2.05, 4.69) is 0 Å². The van der Waals surface area contributed by atoms with Crippen LogP contribution in [-0.2, 0) is 15.6 Å². The number of ketones is 1. The number of allylic oxidation sites excluding steroid dienone is 2. The van der Waals surface area contributed by atoms with Crippen molar-refractivity contribution in [2.45, 2.75) is 23.7 Å². The quantitative estimate of drug-likeness (QED) is 0.940. The normalized spacial score (nSPS) is 20.0. The second-order valence-corrected chi connectivity index (χ2v) is 6.71. The summed E-state index contributed by atoms with van der Waals surface area (Å²) >= 11 is 0. The minimum absolute atomic E-state index is 0.0488. The van der Waals surface area contributed by atoms with Crippen LogP contribution in [-0.4, -0.2) is 15.1 Å². The topological polar surface area (TPSA) is 54.4 Å². The molecule has 2 aromatic carbocycles. The van der Waals surface area contributed by atoms with Gasteiger partial charge in [-0.25, -0.2) is 4.21 Å². The second-order valence-electron chi connectivity index (χ2n) is 5.30. The van der Waals surface area contributed by atoms with Crippen molar-refractivity contribution in [3.05, 3.63) is 76.9 Å². The van der Waals surface area contributed by atoms with Crippen LogP contribution in [0.15, 0.2) is 76.2 Å². The Morgan fingerprint density at radius 1 is 0.909 bits per heavy atom. The van der Waals surface area contributed by atoms with Gasteiger partial charge in [0.1, 0.15) is 10.7 Å². The highest BCUT2D eigenvalue weighted by Crippen LogP contribution is 2.35. The van der Waals surface area contributed by atoms with Crippen molar-refractivity contribution in [1.29, 1.82) is 0 Å². The van der Waals surface area contributed by atoms with Gasteiger partial charge in [-0.15, -0.1) is 0 Å². The molecule has 0 aromatic heterocycles. The number of aliphatic hydroxyl groups excluding tert-OH is 1. The van der Waals surface area contributed by atoms with E-state index < -0.39 is 10.8 Å². The fourth-order valence-electron chi connectivity index (χ4n) is 2.71. The van der Waals surface area contributed by atoms with E-state index in [0.29, 0.717) is 11.3 Å². The van der Waals surface area contributed by atoms with Crippen LogP contribution in [0.4, 0.5) is 0 Å². The minimum Gasteiger partial charge on any atom is -0.511 e. The third kappa shape index (κ3) is 2.88. The van der Waals surface area contributed by atoms with Gasteiger partial charge in [0.15, 0.2) is 5.78 Å². The highest BCUT2D eigenvalue weighted by Gasteiger charge is 2.32. The molecular formula is C18H16O3S. The summed E-state index contributed by atoms with van der Waals surface area (Å²) in [4.78, 5) is 13.0. The van der Waals surface area contributed by atoms with Gasteiger partial charge in [-0.2, -0.15) is 0 Å². The molecule has 2 unspecified atom stereocenters. The SMILES string of the molecule is O=C1CC(c2ccccc2)CC(O)=C1S(=O)c1ccccc1. The molecule has 0 saturated heterocycles. The van der Waals surface area contributed by atoms with Crippen LogP contribution in [0, 0.1) is 0 Å². The number of carbonyl (C=O) groups excluding carboxylic acids is 1. The fourth-order valence-corrected chi connectivity index (χ4v) is 3.94. The average molecular weight is 312 g/mol. The molecule has 0 fully saturated rings. The molecule has 2 aromatic rings. The lowest BCUT2D eigenvalue weighted by molar-refractivity contribution is -0.116. The van der Waals surface area contributed by atoms with Crippen LogP contribution in [0.1, 0.15) is 24.3 Å². The summed E-state index contributed by atoms with van der Waals surface area (Å²) in [5.74, 6) is -0.336. The van der Waals surface area contributed by atoms with E-state index in [1.165, 1.54) is 0 Å². The van der Waals surface area contributed by atoms with E-state index >= 15 is 0 Å². The standard InChI is InChI=1S/C18H16O3S/c19-16-11-14(13-7-3-1-4-8-13)12-17(20)18(16)22(21)15-9-5-2-6-10-15/h1-10,14,19H,11-12H2. The Hall–Kier alpha value is -2.20. The van der Waals surface area contributed by atoms with Crippen molar-refractivity contribution in [3.8, 4) is 0 Å². The second kappa shape index (κ2) is 6.28. The zero-order valence-electron chi connectivity index (χ0n) is 11.9. The van der Waals surface area contributed by atoms with Crippen LogP contribution in [0.5, 0.6) is 0 Å². The Morgan fingerprint density at radius 2 is 1.50 bits per heavy atom. The third-order valence-electron chi connectivity index (χ3n) is 3.80. The largest absolute Gasteiger partial charge is 0.511 e. The predicted molar refractivity (Wildman–Crippen MR) is 85.9 cm³/mol. The molecular weight excluding hydrogens is 296 g/mol. The molecule has 1 N–H and O–H groups in total. The molecule has 1 aliphatic carbocycles. The number of hydrogen-bond donors (Lipinski definition) is 1. The first-order valence-electron chi connectivity index (χ1n) is 7.14. The Bertz CT molecular complexity index is 735. The summed E-state index contributed by atoms with van der Waals surface area (Å²) in [7, 11) is -1.62. The van der Waals surface area contributed by atoms with Gasteiger partial charge in [0.25, 0.3) is 0 Å². The molecule has 0 heterocycles. The fraction of sp³-hybridized carbons (Fsp3) is 0.167. The number of Topliss-reactive ketones (excluding diaryl/α,β-unsaturated/α-hetero) is 1. The van der Waals surface area contributed by atoms with Gasteiger partial charge in [-0.3, -0.25) is 4.79 Å². The molecule has 112 valence electrons. The van der Waals surface area contributed by atoms with Gasteiger partial charge < -0.3 is 5.11 Å². The first kappa shape index (κ1) is 14.7. The zero-order valence-corrected chi connectivity index (χ0v) is 12.8. The van der Waals surface area contributed by atoms with E-state index in [9.17, 15) is 14.1 Å². The third-order valence-corrected chi connectivity index (χ3v) is 5.33. The zero-order chi connectivity index (χ0) is 15.5. The van der Waals surface area contributed by atoms with Crippen LogP contribution in [0.2, 0.25) is 0 Å². The highest BCUT2D eigenvalue weighted by atomic mass is 32.2. The van der Waals surface area contributed by atoms with Gasteiger partial charge >= 0.3 is 0 Å². The Balaban J connectivity index is 1.90. The lowest BCUT2D eigenvalue weighted by atomic mass is 9.86. The molecule has 4 heteroatoms. The van der Waals surface area contributed by atoms with Crippen LogP contribution in [0.3, 0.4) is 0 Å². The van der Waals surface area contributed by atoms with Crippen molar-refractivity contribution < 1.29 is 14.1 Å². The average Bonchev–Trinajstić information content (AvgIpc) is 2.55. The number of rotatable bonds is 3. The van der Waals surface area contributed by atoms with Crippen molar-refractivity contribution in [3.63, 3.8) is 0 Å². The Labute approximate surface area is 131 Å². The number of hydrogen-bond acceptors (Lipinski definition) is 3. The number of carbonyl (C=O) groups is 1. The first-order chi connectivity index (χ1) is 10.7. The molecule has 2 atom stereocenters. The summed E-state index contributed by atoms with van der Waals surface area (Å²) in [6.45, 7) is 0. The van der Waals surface area contributed by atoms with Crippen molar-refractivity contribution in [1.82, 2.24) is 0 Å². The van der Waals surface area contributed by atoms with E-state index in [0.717, 1.165) is 5.56 Å². The van der Waals surface area contributed by atoms with E-state index in [1.54, 1.807) is 24.3 Å². The van der Waals surface area contributed by atoms with Crippen molar-refractivity contribution in [2.75, 3.05) is 0 Å². The molecule has 0 spiro atoms. The number of aliphatic hydroxyl groups is 1. The molecule has 1 aliphatic rings. The highest BCUT2D eigenvalue weighted by molar-refractivity contribution is 7.90. The Morgan fingerprint density at radius 3 is 2.09 bits per heavy atom. The van der Waals surface area contributed by atoms with Crippen molar-refractivity contribution in [2.24, 2.45) is 0 Å². The molecule has 0 aliphatic heterocycles. The smallest absolute Gasteiger partial charge is 0.176 e. The molecule has 0 saturated carbocycles. The summed E-state index contributed by atoms with van der Waals surface area (Å²) in [5.41, 5.74) is 1.02. The maximum absolute atomic E-state index is 12.5. The molecule has 22 heavy (non-hydrogen) atoms. The Kier molecular flexibility index (Phi) is 4.20. The predicted octanol–water partition coefficient (Wildman–Crippen LogP) is 3.71. The lowest BCUT2D eigenvalue weighted by Crippen LogP contribution is -2.21. The van der Waals surface area contributed by atoms with Gasteiger partial charge in [0.05, 0.1) is 10.8 Å². The van der Waals surface area contributed by atoms with Crippen molar-refractivity contribution >= 4 is 16.6 Å². The van der Waals surface area contributed by atoms with Gasteiger partial charge in [0, 0.05) is 17.7 Å². The maximum atomic E-state index is 12.5. The molecule has 0 radical (unpaired) electrons. The lowest BCUT2D eigenvalue weighted by Gasteiger charge is -2.23. The summed E-state index contributed by atoms with van der Waals surface area (Å²) in [5, 5.41) is 10.3. The summed E-state index contributed by atoms with van der Waals surface area (Å²) in [6, 6.07) is 18.4. The van der Waals surface area contributed by atoms with E-state index in [-0.39, 0.29) is 28.8 Å². The molecule has 3 nitrogen and oxygen atoms in total. The van der Waals surface area contributed by atoms with Gasteiger partial charge in [-0.05, 0) is 23.6 Å². The molecule has 0 amide bonds. The molecule has 3 rings (SSSR count). The summed E-state index contributed by atoms with van der Waals surface area (Å²) in [6.07, 6.45) is 0.631. The number of benzene rings is 2. The van der Waals surface area contributed by atoms with Crippen LogP contribution >= 0.6 is 0 Å². The van der Waals surface area contributed by atoms with Crippen LogP contribution < -0.4 is 0 Å². The first-order valence-corrected chi connectivity index (χ1v) is 8.29. The van der Waals surface area contributed by atoms with Crippen LogP contribution in [0.25, 0.3) is 0 Å². The van der Waals surface area contributed by atoms with E-state index in [4.69, 9.17) is 0 Å². The maximum Gasteiger partial charge on any atom is 0.176 e. The van der Waals surface area contributed by atoms with Gasteiger partial charge in [0.2, 0.25) is 0 Å². The molecule has 0 bridgehead atoms.